The fraction of sp³-hybridized carbons (Fsp3) is 0.500. The van der Waals surface area contributed by atoms with Crippen molar-refractivity contribution in [2.45, 2.75) is 64.3 Å². The van der Waals surface area contributed by atoms with Gasteiger partial charge in [0.05, 0.1) is 24.2 Å². The van der Waals surface area contributed by atoms with Gasteiger partial charge in [-0.25, -0.2) is 0 Å². The molecule has 0 bridgehead atoms. The van der Waals surface area contributed by atoms with Crippen molar-refractivity contribution in [3.63, 3.8) is 0 Å². The van der Waals surface area contributed by atoms with Crippen molar-refractivity contribution in [3.05, 3.63) is 45.8 Å². The summed E-state index contributed by atoms with van der Waals surface area (Å²) < 4.78 is 10.9. The molecule has 164 valence electrons. The molecule has 2 fully saturated rings. The van der Waals surface area contributed by atoms with E-state index in [0.29, 0.717) is 30.2 Å². The molecule has 0 radical (unpaired) electrons. The van der Waals surface area contributed by atoms with Crippen molar-refractivity contribution in [1.82, 2.24) is 4.90 Å². The number of imide groups is 1. The van der Waals surface area contributed by atoms with Crippen LogP contribution in [0.15, 0.2) is 33.7 Å². The van der Waals surface area contributed by atoms with Gasteiger partial charge in [0.15, 0.2) is 11.3 Å². The lowest BCUT2D eigenvalue weighted by molar-refractivity contribution is -0.153. The van der Waals surface area contributed by atoms with E-state index in [-0.39, 0.29) is 18.2 Å². The number of ether oxygens (including phenoxy) is 1. The Balaban J connectivity index is 1.80. The van der Waals surface area contributed by atoms with Crippen molar-refractivity contribution in [2.24, 2.45) is 5.92 Å². The summed E-state index contributed by atoms with van der Waals surface area (Å²) in [6, 6.07) is 4.97. The SMILES string of the molecule is CCCOC(=O)[C@H]1C(=O)N(C2CCCCC2)C(=O)[C@@H]1c1coc2ccc(C)cc2c1=O. The van der Waals surface area contributed by atoms with Crippen LogP contribution in [0.25, 0.3) is 11.0 Å². The van der Waals surface area contributed by atoms with Gasteiger partial charge in [-0.05, 0) is 38.3 Å². The van der Waals surface area contributed by atoms with E-state index in [1.165, 1.54) is 11.2 Å². The monoisotopic (exact) mass is 425 g/mol. The van der Waals surface area contributed by atoms with Gasteiger partial charge in [0, 0.05) is 11.6 Å². The maximum atomic E-state index is 13.5. The van der Waals surface area contributed by atoms with Crippen LogP contribution in [0.3, 0.4) is 0 Å². The Kier molecular flexibility index (Phi) is 5.94. The molecule has 1 aromatic carbocycles. The zero-order chi connectivity index (χ0) is 22.1. The average molecular weight is 425 g/mol. The van der Waals surface area contributed by atoms with Crippen LogP contribution >= 0.6 is 0 Å². The molecule has 4 rings (SSSR count). The van der Waals surface area contributed by atoms with Crippen molar-refractivity contribution >= 4 is 28.8 Å². The second kappa shape index (κ2) is 8.65. The first-order chi connectivity index (χ1) is 14.9. The van der Waals surface area contributed by atoms with E-state index in [9.17, 15) is 19.2 Å². The average Bonchev–Trinajstić information content (AvgIpc) is 3.03. The summed E-state index contributed by atoms with van der Waals surface area (Å²) in [5, 5.41) is 0.328. The summed E-state index contributed by atoms with van der Waals surface area (Å²) in [4.78, 5) is 54.1. The minimum atomic E-state index is -1.36. The van der Waals surface area contributed by atoms with Gasteiger partial charge in [-0.2, -0.15) is 0 Å². The van der Waals surface area contributed by atoms with E-state index in [1.807, 2.05) is 19.9 Å². The molecule has 2 amide bonds. The highest BCUT2D eigenvalue weighted by Gasteiger charge is 2.55. The topological polar surface area (TPSA) is 93.9 Å². The highest BCUT2D eigenvalue weighted by atomic mass is 16.5. The van der Waals surface area contributed by atoms with Crippen LogP contribution in [0.5, 0.6) is 0 Å². The summed E-state index contributed by atoms with van der Waals surface area (Å²) in [7, 11) is 0. The van der Waals surface area contributed by atoms with E-state index in [1.54, 1.807) is 12.1 Å². The van der Waals surface area contributed by atoms with Crippen LogP contribution < -0.4 is 5.43 Å². The molecule has 1 aliphatic heterocycles. The highest BCUT2D eigenvalue weighted by Crippen LogP contribution is 2.39. The molecule has 1 saturated heterocycles. The van der Waals surface area contributed by atoms with Crippen LogP contribution in [0.4, 0.5) is 0 Å². The van der Waals surface area contributed by atoms with Gasteiger partial charge in [-0.15, -0.1) is 0 Å². The largest absolute Gasteiger partial charge is 0.465 e. The molecule has 1 aliphatic carbocycles. The molecular weight excluding hydrogens is 398 g/mol. The lowest BCUT2D eigenvalue weighted by atomic mass is 9.88. The number of carbonyl (C=O) groups excluding carboxylic acids is 3. The summed E-state index contributed by atoms with van der Waals surface area (Å²) >= 11 is 0. The number of hydrogen-bond acceptors (Lipinski definition) is 6. The standard InChI is InChI=1S/C24H27NO6/c1-3-11-30-24(29)20-19(22(27)25(23(20)28)15-7-5-4-6-8-15)17-13-31-18-10-9-14(2)12-16(18)21(17)26/h9-10,12-13,15,19-20H,3-8,11H2,1-2H3/t19-,20-/m1/s1. The summed E-state index contributed by atoms with van der Waals surface area (Å²) in [5.74, 6) is -4.40. The lowest BCUT2D eigenvalue weighted by Gasteiger charge is -2.29. The van der Waals surface area contributed by atoms with Crippen LogP contribution in [-0.2, 0) is 19.1 Å². The molecule has 7 heteroatoms. The molecule has 7 nitrogen and oxygen atoms in total. The maximum Gasteiger partial charge on any atom is 0.319 e. The highest BCUT2D eigenvalue weighted by molar-refractivity contribution is 6.16. The molecule has 31 heavy (non-hydrogen) atoms. The van der Waals surface area contributed by atoms with E-state index < -0.39 is 35.0 Å². The first-order valence-electron chi connectivity index (χ1n) is 11.0. The predicted molar refractivity (Wildman–Crippen MR) is 113 cm³/mol. The van der Waals surface area contributed by atoms with Gasteiger partial charge in [-0.1, -0.05) is 37.8 Å². The molecule has 0 spiro atoms. The maximum absolute atomic E-state index is 13.5. The predicted octanol–water partition coefficient (Wildman–Crippen LogP) is 3.46. The summed E-state index contributed by atoms with van der Waals surface area (Å²) in [5.41, 5.74) is 0.905. The van der Waals surface area contributed by atoms with E-state index >= 15 is 0 Å². The smallest absolute Gasteiger partial charge is 0.319 e. The second-order valence-electron chi connectivity index (χ2n) is 8.48. The number of aryl methyl sites for hydroxylation is 1. The number of fused-ring (bicyclic) bond motifs is 1. The minimum Gasteiger partial charge on any atom is -0.465 e. The Morgan fingerprint density at radius 2 is 1.87 bits per heavy atom. The molecule has 2 heterocycles. The second-order valence-corrected chi connectivity index (χ2v) is 8.48. The zero-order valence-electron chi connectivity index (χ0n) is 17.9. The third-order valence-electron chi connectivity index (χ3n) is 6.27. The Bertz CT molecular complexity index is 1080. The molecule has 2 aromatic rings. The van der Waals surface area contributed by atoms with Crippen molar-refractivity contribution in [3.8, 4) is 0 Å². The third-order valence-corrected chi connectivity index (χ3v) is 6.27. The number of likely N-dealkylation sites (tertiary alicyclic amines) is 1. The number of hydrogen-bond donors (Lipinski definition) is 0. The number of nitrogens with zero attached hydrogens (tertiary/aromatic N) is 1. The van der Waals surface area contributed by atoms with Crippen molar-refractivity contribution in [2.75, 3.05) is 6.61 Å². The van der Waals surface area contributed by atoms with Gasteiger partial charge in [0.25, 0.3) is 0 Å². The Morgan fingerprint density at radius 1 is 1.13 bits per heavy atom. The Labute approximate surface area is 180 Å². The van der Waals surface area contributed by atoms with Gasteiger partial charge >= 0.3 is 5.97 Å². The number of rotatable bonds is 5. The molecule has 0 N–H and O–H groups in total. The van der Waals surface area contributed by atoms with Crippen LogP contribution in [-0.4, -0.2) is 35.3 Å². The fourth-order valence-corrected chi connectivity index (χ4v) is 4.71. The summed E-state index contributed by atoms with van der Waals surface area (Å²) in [6.45, 7) is 3.85. The van der Waals surface area contributed by atoms with Gasteiger partial charge in [0.1, 0.15) is 5.58 Å². The molecular formula is C24H27NO6. The molecule has 2 aliphatic rings. The number of amides is 2. The van der Waals surface area contributed by atoms with E-state index in [0.717, 1.165) is 24.8 Å². The first kappa shape index (κ1) is 21.3. The van der Waals surface area contributed by atoms with Gasteiger partial charge in [-0.3, -0.25) is 24.1 Å². The molecule has 1 aromatic heterocycles. The van der Waals surface area contributed by atoms with Crippen LogP contribution in [0.1, 0.15) is 62.5 Å². The number of esters is 1. The van der Waals surface area contributed by atoms with Crippen molar-refractivity contribution < 1.29 is 23.5 Å². The first-order valence-corrected chi connectivity index (χ1v) is 11.0. The zero-order valence-corrected chi connectivity index (χ0v) is 17.9. The number of carbonyl (C=O) groups is 3. The molecule has 1 saturated carbocycles. The Morgan fingerprint density at radius 3 is 2.58 bits per heavy atom. The minimum absolute atomic E-state index is 0.0354. The Hall–Kier alpha value is -2.96. The molecule has 0 unspecified atom stereocenters. The lowest BCUT2D eigenvalue weighted by Crippen LogP contribution is -2.42. The summed E-state index contributed by atoms with van der Waals surface area (Å²) in [6.07, 6.45) is 6.16. The quantitative estimate of drug-likeness (QED) is 0.414. The third kappa shape index (κ3) is 3.77. The normalized spacial score (nSPS) is 22.3. The van der Waals surface area contributed by atoms with Gasteiger partial charge in [0.2, 0.25) is 11.8 Å². The van der Waals surface area contributed by atoms with Crippen molar-refractivity contribution in [1.29, 1.82) is 0 Å². The van der Waals surface area contributed by atoms with Crippen LogP contribution in [0.2, 0.25) is 0 Å². The van der Waals surface area contributed by atoms with E-state index in [2.05, 4.69) is 0 Å². The van der Waals surface area contributed by atoms with E-state index in [4.69, 9.17) is 9.15 Å². The fourth-order valence-electron chi connectivity index (χ4n) is 4.71. The van der Waals surface area contributed by atoms with Crippen LogP contribution in [0, 0.1) is 12.8 Å². The molecule has 2 atom stereocenters. The van der Waals surface area contributed by atoms with Gasteiger partial charge < -0.3 is 9.15 Å². The number of benzene rings is 1.